The van der Waals surface area contributed by atoms with Crippen molar-refractivity contribution in [1.29, 1.82) is 0 Å². The maximum atomic E-state index is 10.9. The Bertz CT molecular complexity index is 414. The Balaban J connectivity index is 1.89. The second-order valence-electron chi connectivity index (χ2n) is 4.60. The average Bonchev–Trinajstić information content (AvgIpc) is 2.38. The third-order valence-electron chi connectivity index (χ3n) is 2.97. The maximum Gasteiger partial charge on any atom is 0.152 e. The lowest BCUT2D eigenvalue weighted by Gasteiger charge is -2.31. The number of carbonyl (C=O) groups is 1. The quantitative estimate of drug-likeness (QED) is 0.760. The summed E-state index contributed by atoms with van der Waals surface area (Å²) in [5.74, 6) is 0.0683. The molecular formula is C15H19NO2. The second kappa shape index (κ2) is 6.47. The number of allylic oxidation sites excluding steroid dienone is 1. The summed E-state index contributed by atoms with van der Waals surface area (Å²) in [5.41, 5.74) is 1.31. The normalized spacial score (nSPS) is 21.3. The van der Waals surface area contributed by atoms with Crippen molar-refractivity contribution in [2.75, 3.05) is 19.7 Å². The molecule has 1 saturated heterocycles. The van der Waals surface area contributed by atoms with E-state index in [9.17, 15) is 4.79 Å². The van der Waals surface area contributed by atoms with Gasteiger partial charge in [-0.1, -0.05) is 36.4 Å². The van der Waals surface area contributed by atoms with Crippen molar-refractivity contribution < 1.29 is 9.53 Å². The van der Waals surface area contributed by atoms with Crippen LogP contribution in [0.15, 0.2) is 42.5 Å². The maximum absolute atomic E-state index is 10.9. The van der Waals surface area contributed by atoms with Crippen LogP contribution in [0.25, 0.3) is 0 Å². The fourth-order valence-corrected chi connectivity index (χ4v) is 2.08. The molecule has 1 heterocycles. The number of hydrogen-bond donors (Lipinski definition) is 0. The molecule has 1 unspecified atom stereocenters. The second-order valence-corrected chi connectivity index (χ2v) is 4.60. The molecule has 1 atom stereocenters. The van der Waals surface area contributed by atoms with E-state index in [1.165, 1.54) is 5.56 Å². The molecule has 1 aromatic rings. The van der Waals surface area contributed by atoms with Crippen LogP contribution in [0, 0.1) is 0 Å². The number of rotatable bonds is 4. The lowest BCUT2D eigenvalue weighted by molar-refractivity contribution is -0.112. The minimum atomic E-state index is 0.0337. The van der Waals surface area contributed by atoms with Gasteiger partial charge in [0.05, 0.1) is 12.7 Å². The molecule has 0 aliphatic carbocycles. The smallest absolute Gasteiger partial charge is 0.152 e. The molecule has 0 bridgehead atoms. The molecule has 0 amide bonds. The molecular weight excluding hydrogens is 226 g/mol. The van der Waals surface area contributed by atoms with E-state index in [0.29, 0.717) is 0 Å². The van der Waals surface area contributed by atoms with Gasteiger partial charge in [-0.3, -0.25) is 9.69 Å². The molecule has 0 radical (unpaired) electrons. The number of morpholine rings is 1. The van der Waals surface area contributed by atoms with Crippen LogP contribution >= 0.6 is 0 Å². The first-order chi connectivity index (χ1) is 8.74. The van der Waals surface area contributed by atoms with E-state index >= 15 is 0 Å². The van der Waals surface area contributed by atoms with Crippen LogP contribution in [0.4, 0.5) is 0 Å². The number of nitrogens with zero attached hydrogens (tertiary/aromatic N) is 1. The summed E-state index contributed by atoms with van der Waals surface area (Å²) in [6.07, 6.45) is 3.49. The minimum absolute atomic E-state index is 0.0337. The Kier molecular flexibility index (Phi) is 4.67. The van der Waals surface area contributed by atoms with Crippen molar-refractivity contribution in [2.45, 2.75) is 19.6 Å². The molecule has 2 rings (SSSR count). The lowest BCUT2D eigenvalue weighted by Crippen LogP contribution is -2.41. The Hall–Kier alpha value is -1.45. The SMILES string of the molecule is CC(=O)/C=C/C1CN(Cc2ccccc2)CCO1. The van der Waals surface area contributed by atoms with E-state index in [-0.39, 0.29) is 11.9 Å². The van der Waals surface area contributed by atoms with Crippen LogP contribution in [0.2, 0.25) is 0 Å². The predicted molar refractivity (Wildman–Crippen MR) is 71.3 cm³/mol. The Morgan fingerprint density at radius 3 is 2.94 bits per heavy atom. The first kappa shape index (κ1) is 13.0. The molecule has 1 fully saturated rings. The largest absolute Gasteiger partial charge is 0.371 e. The van der Waals surface area contributed by atoms with Gasteiger partial charge < -0.3 is 4.74 Å². The standard InChI is InChI=1S/C15H19NO2/c1-13(17)7-8-15-12-16(9-10-18-15)11-14-5-3-2-4-6-14/h2-8,15H,9-12H2,1H3/b8-7+. The highest BCUT2D eigenvalue weighted by Gasteiger charge is 2.18. The number of ketones is 1. The van der Waals surface area contributed by atoms with E-state index in [0.717, 1.165) is 26.2 Å². The highest BCUT2D eigenvalue weighted by molar-refractivity contribution is 5.87. The predicted octanol–water partition coefficient (Wildman–Crippen LogP) is 2.03. The molecule has 96 valence electrons. The van der Waals surface area contributed by atoms with Crippen molar-refractivity contribution in [3.05, 3.63) is 48.0 Å². The van der Waals surface area contributed by atoms with Crippen LogP contribution in [0.5, 0.6) is 0 Å². The third-order valence-corrected chi connectivity index (χ3v) is 2.97. The lowest BCUT2D eigenvalue weighted by atomic mass is 10.2. The number of benzene rings is 1. The zero-order valence-corrected chi connectivity index (χ0v) is 10.7. The van der Waals surface area contributed by atoms with E-state index in [2.05, 4.69) is 29.2 Å². The van der Waals surface area contributed by atoms with Gasteiger partial charge in [-0.25, -0.2) is 0 Å². The summed E-state index contributed by atoms with van der Waals surface area (Å²) in [7, 11) is 0. The minimum Gasteiger partial charge on any atom is -0.371 e. The fraction of sp³-hybridized carbons (Fsp3) is 0.400. The van der Waals surface area contributed by atoms with E-state index < -0.39 is 0 Å². The van der Waals surface area contributed by atoms with Gasteiger partial charge in [0.2, 0.25) is 0 Å². The number of hydrogen-bond acceptors (Lipinski definition) is 3. The van der Waals surface area contributed by atoms with Gasteiger partial charge in [0.15, 0.2) is 5.78 Å². The first-order valence-electron chi connectivity index (χ1n) is 6.31. The van der Waals surface area contributed by atoms with Gasteiger partial charge >= 0.3 is 0 Å². The van der Waals surface area contributed by atoms with Crippen LogP contribution < -0.4 is 0 Å². The molecule has 0 saturated carbocycles. The summed E-state index contributed by atoms with van der Waals surface area (Å²) in [6, 6.07) is 10.4. The summed E-state index contributed by atoms with van der Waals surface area (Å²) in [6.45, 7) is 5.01. The van der Waals surface area contributed by atoms with Gasteiger partial charge in [-0.05, 0) is 18.6 Å². The van der Waals surface area contributed by atoms with Crippen LogP contribution in [0.1, 0.15) is 12.5 Å². The number of ether oxygens (including phenoxy) is 1. The summed E-state index contributed by atoms with van der Waals surface area (Å²) < 4.78 is 5.62. The molecule has 1 aliphatic rings. The zero-order chi connectivity index (χ0) is 12.8. The van der Waals surface area contributed by atoms with Crippen molar-refractivity contribution in [3.8, 4) is 0 Å². The average molecular weight is 245 g/mol. The molecule has 0 N–H and O–H groups in total. The van der Waals surface area contributed by atoms with Crippen molar-refractivity contribution in [2.24, 2.45) is 0 Å². The first-order valence-corrected chi connectivity index (χ1v) is 6.31. The highest BCUT2D eigenvalue weighted by Crippen LogP contribution is 2.11. The molecule has 1 aromatic carbocycles. The fourth-order valence-electron chi connectivity index (χ4n) is 2.08. The van der Waals surface area contributed by atoms with E-state index in [1.807, 2.05) is 12.1 Å². The molecule has 18 heavy (non-hydrogen) atoms. The Morgan fingerprint density at radius 1 is 1.44 bits per heavy atom. The van der Waals surface area contributed by atoms with Crippen LogP contribution in [-0.2, 0) is 16.1 Å². The number of carbonyl (C=O) groups excluding carboxylic acids is 1. The third kappa shape index (κ3) is 4.09. The van der Waals surface area contributed by atoms with E-state index in [1.54, 1.807) is 13.0 Å². The highest BCUT2D eigenvalue weighted by atomic mass is 16.5. The van der Waals surface area contributed by atoms with E-state index in [4.69, 9.17) is 4.74 Å². The molecule has 0 aromatic heterocycles. The van der Waals surface area contributed by atoms with Gasteiger partial charge in [-0.2, -0.15) is 0 Å². The summed E-state index contributed by atoms with van der Waals surface area (Å²) in [5, 5.41) is 0. The van der Waals surface area contributed by atoms with Crippen LogP contribution in [-0.4, -0.2) is 36.5 Å². The van der Waals surface area contributed by atoms with Crippen molar-refractivity contribution in [1.82, 2.24) is 4.90 Å². The van der Waals surface area contributed by atoms with Crippen molar-refractivity contribution >= 4 is 5.78 Å². The van der Waals surface area contributed by atoms with Gasteiger partial charge in [-0.15, -0.1) is 0 Å². The summed E-state index contributed by atoms with van der Waals surface area (Å²) in [4.78, 5) is 13.3. The van der Waals surface area contributed by atoms with Gasteiger partial charge in [0.1, 0.15) is 0 Å². The zero-order valence-electron chi connectivity index (χ0n) is 10.7. The molecule has 1 aliphatic heterocycles. The Morgan fingerprint density at radius 2 is 2.22 bits per heavy atom. The molecule has 3 heteroatoms. The molecule has 0 spiro atoms. The Labute approximate surface area is 108 Å². The van der Waals surface area contributed by atoms with Crippen molar-refractivity contribution in [3.63, 3.8) is 0 Å². The topological polar surface area (TPSA) is 29.5 Å². The monoisotopic (exact) mass is 245 g/mol. The van der Waals surface area contributed by atoms with Crippen LogP contribution in [0.3, 0.4) is 0 Å². The summed E-state index contributed by atoms with van der Waals surface area (Å²) >= 11 is 0. The molecule has 3 nitrogen and oxygen atoms in total. The van der Waals surface area contributed by atoms with Gasteiger partial charge in [0, 0.05) is 19.6 Å². The van der Waals surface area contributed by atoms with Gasteiger partial charge in [0.25, 0.3) is 0 Å².